The lowest BCUT2D eigenvalue weighted by molar-refractivity contribution is -0.137. The van der Waals surface area contributed by atoms with E-state index in [1.54, 1.807) is 49.4 Å². The zero-order valence-electron chi connectivity index (χ0n) is 18.4. The number of rotatable bonds is 3. The molecule has 5 aromatic carbocycles. The van der Waals surface area contributed by atoms with Crippen molar-refractivity contribution in [3.63, 3.8) is 0 Å². The molecule has 0 fully saturated rings. The number of hydrogen-bond acceptors (Lipinski definition) is 1. The first-order chi connectivity index (χ1) is 16.6. The molecule has 0 spiro atoms. The van der Waals surface area contributed by atoms with Gasteiger partial charge in [0.15, 0.2) is 7.14 Å². The zero-order valence-corrected chi connectivity index (χ0v) is 19.3. The first-order valence-electron chi connectivity index (χ1n) is 10.8. The molecule has 0 N–H and O–H groups in total. The Morgan fingerprint density at radius 3 is 1.83 bits per heavy atom. The normalized spacial score (nSPS) is 13.8. The molecule has 7 heteroatoms. The van der Waals surface area contributed by atoms with E-state index in [-0.39, 0.29) is 10.6 Å². The van der Waals surface area contributed by atoms with Crippen LogP contribution in [0.1, 0.15) is 11.1 Å². The first kappa shape index (κ1) is 23.3. The molecule has 5 aromatic rings. The smallest absolute Gasteiger partial charge is 0.308 e. The third-order valence-corrected chi connectivity index (χ3v) is 9.27. The highest BCUT2D eigenvalue weighted by molar-refractivity contribution is 7.85. The maximum Gasteiger partial charge on any atom is 0.416 e. The van der Waals surface area contributed by atoms with Crippen molar-refractivity contribution >= 4 is 44.6 Å². The van der Waals surface area contributed by atoms with Gasteiger partial charge < -0.3 is 4.57 Å². The van der Waals surface area contributed by atoms with Gasteiger partial charge in [0.25, 0.3) is 0 Å². The van der Waals surface area contributed by atoms with Crippen molar-refractivity contribution in [2.45, 2.75) is 13.1 Å². The monoisotopic (exact) mass is 496 g/mol. The quantitative estimate of drug-likeness (QED) is 0.146. The number of aryl methyl sites for hydroxylation is 1. The molecule has 0 aliphatic rings. The molecule has 0 aromatic heterocycles. The highest BCUT2D eigenvalue weighted by atomic mass is 31.2. The summed E-state index contributed by atoms with van der Waals surface area (Å²) in [6.07, 6.45) is -4.78. The fraction of sp³-hybridized carbons (Fsp3) is 0.0714. The second-order valence-electron chi connectivity index (χ2n) is 8.39. The minimum Gasteiger partial charge on any atom is -0.308 e. The number of alkyl halides is 3. The van der Waals surface area contributed by atoms with E-state index in [0.717, 1.165) is 16.8 Å². The van der Waals surface area contributed by atoms with Crippen LogP contribution in [-0.4, -0.2) is 0 Å². The fourth-order valence-corrected chi connectivity index (χ4v) is 7.42. The van der Waals surface area contributed by atoms with Gasteiger partial charge >= 0.3 is 6.18 Å². The van der Waals surface area contributed by atoms with Gasteiger partial charge in [-0.15, -0.1) is 0 Å². The third-order valence-electron chi connectivity index (χ3n) is 6.14. The number of fused-ring (bicyclic) bond motifs is 3. The van der Waals surface area contributed by atoms with Gasteiger partial charge in [0.05, 0.1) is 16.2 Å². The average Bonchev–Trinajstić information content (AvgIpc) is 2.82. The van der Waals surface area contributed by atoms with Crippen molar-refractivity contribution in [3.05, 3.63) is 114 Å². The van der Waals surface area contributed by atoms with Gasteiger partial charge in [-0.05, 0) is 70.4 Å². The summed E-state index contributed by atoms with van der Waals surface area (Å²) in [5, 5.41) is 2.20. The molecule has 0 bridgehead atoms. The summed E-state index contributed by atoms with van der Waals surface area (Å²) in [7, 11) is -4.31. The summed E-state index contributed by atoms with van der Waals surface area (Å²) in [6, 6.07) is 21.9. The van der Waals surface area contributed by atoms with Gasteiger partial charge in [-0.25, -0.2) is 8.78 Å². The predicted octanol–water partition coefficient (Wildman–Crippen LogP) is 7.24. The standard InChI is InChI=1S/C28H18F5OP/c1-17-10-12-25(23(29)14-17)35(34,26-13-11-19(16-24(26)30)28(31,32)33)27-15-18-6-2-3-7-20(18)21-8-4-5-9-22(21)27/h2-16H,1H3. The van der Waals surface area contributed by atoms with Crippen LogP contribution in [0.4, 0.5) is 22.0 Å². The fourth-order valence-electron chi connectivity index (χ4n) is 4.49. The third kappa shape index (κ3) is 3.82. The van der Waals surface area contributed by atoms with E-state index in [2.05, 4.69) is 0 Å². The van der Waals surface area contributed by atoms with Crippen LogP contribution >= 0.6 is 7.14 Å². The average molecular weight is 496 g/mol. The number of halogens is 5. The van der Waals surface area contributed by atoms with Crippen molar-refractivity contribution in [3.8, 4) is 0 Å². The van der Waals surface area contributed by atoms with Crippen LogP contribution in [0.2, 0.25) is 0 Å². The van der Waals surface area contributed by atoms with Gasteiger partial charge in [0, 0.05) is 5.30 Å². The minimum atomic E-state index is -4.78. The zero-order chi connectivity index (χ0) is 25.0. The molecule has 0 radical (unpaired) electrons. The van der Waals surface area contributed by atoms with Gasteiger partial charge in [-0.1, -0.05) is 54.6 Å². The molecular formula is C28H18F5OP. The van der Waals surface area contributed by atoms with Gasteiger partial charge in [0.1, 0.15) is 11.6 Å². The SMILES string of the molecule is Cc1ccc(P(=O)(c2ccc(C(F)(F)F)cc2F)c2cc3ccccc3c3ccccc23)c(F)c1. The Hall–Kier alpha value is -3.50. The lowest BCUT2D eigenvalue weighted by Crippen LogP contribution is -2.30. The highest BCUT2D eigenvalue weighted by Crippen LogP contribution is 2.47. The minimum absolute atomic E-state index is 0.160. The summed E-state index contributed by atoms with van der Waals surface area (Å²) in [5.74, 6) is -2.12. The van der Waals surface area contributed by atoms with Crippen LogP contribution in [0.15, 0.2) is 91.0 Å². The molecule has 0 aliphatic carbocycles. The van der Waals surface area contributed by atoms with Crippen LogP contribution in [0, 0.1) is 18.6 Å². The van der Waals surface area contributed by atoms with Gasteiger partial charge in [-0.3, -0.25) is 0 Å². The van der Waals surface area contributed by atoms with Crippen molar-refractivity contribution in [1.82, 2.24) is 0 Å². The molecule has 1 nitrogen and oxygen atoms in total. The second-order valence-corrected chi connectivity index (χ2v) is 11.1. The van der Waals surface area contributed by atoms with E-state index < -0.39 is 35.8 Å². The van der Waals surface area contributed by atoms with Crippen LogP contribution in [0.5, 0.6) is 0 Å². The molecule has 0 aliphatic heterocycles. The van der Waals surface area contributed by atoms with E-state index >= 15 is 13.3 Å². The van der Waals surface area contributed by atoms with Gasteiger partial charge in [0.2, 0.25) is 0 Å². The predicted molar refractivity (Wildman–Crippen MR) is 131 cm³/mol. The molecule has 5 rings (SSSR count). The van der Waals surface area contributed by atoms with Crippen LogP contribution in [0.3, 0.4) is 0 Å². The van der Waals surface area contributed by atoms with Crippen molar-refractivity contribution in [2.75, 3.05) is 0 Å². The highest BCUT2D eigenvalue weighted by Gasteiger charge is 2.39. The molecule has 0 heterocycles. The Morgan fingerprint density at radius 2 is 1.20 bits per heavy atom. The van der Waals surface area contributed by atoms with Crippen molar-refractivity contribution in [2.24, 2.45) is 0 Å². The van der Waals surface area contributed by atoms with Crippen molar-refractivity contribution in [1.29, 1.82) is 0 Å². The Kier molecular flexibility index (Phi) is 5.52. The molecule has 1 unspecified atom stereocenters. The van der Waals surface area contributed by atoms with E-state index in [0.29, 0.717) is 28.5 Å². The molecule has 0 amide bonds. The Morgan fingerprint density at radius 1 is 0.629 bits per heavy atom. The molecule has 176 valence electrons. The number of hydrogen-bond donors (Lipinski definition) is 0. The molecule has 1 atom stereocenters. The molecule has 0 saturated carbocycles. The second kappa shape index (κ2) is 8.31. The Labute approximate surface area is 198 Å². The lowest BCUT2D eigenvalue weighted by Gasteiger charge is -2.24. The maximum atomic E-state index is 15.4. The number of benzene rings is 5. The summed E-state index contributed by atoms with van der Waals surface area (Å²) in [4.78, 5) is 0. The molecule has 0 saturated heterocycles. The van der Waals surface area contributed by atoms with Gasteiger partial charge in [-0.2, -0.15) is 13.2 Å². The summed E-state index contributed by atoms with van der Waals surface area (Å²) in [6.45, 7) is 1.65. The van der Waals surface area contributed by atoms with E-state index in [1.807, 2.05) is 18.2 Å². The van der Waals surface area contributed by atoms with E-state index in [9.17, 15) is 13.2 Å². The molecule has 35 heavy (non-hydrogen) atoms. The van der Waals surface area contributed by atoms with Crippen molar-refractivity contribution < 1.29 is 26.5 Å². The Balaban J connectivity index is 1.93. The summed E-state index contributed by atoms with van der Waals surface area (Å²) >= 11 is 0. The maximum absolute atomic E-state index is 15.4. The summed E-state index contributed by atoms with van der Waals surface area (Å²) < 4.78 is 85.5. The lowest BCUT2D eigenvalue weighted by atomic mass is 10.0. The van der Waals surface area contributed by atoms with E-state index in [1.165, 1.54) is 12.1 Å². The summed E-state index contributed by atoms with van der Waals surface area (Å²) in [5.41, 5.74) is -0.646. The largest absolute Gasteiger partial charge is 0.416 e. The van der Waals surface area contributed by atoms with E-state index in [4.69, 9.17) is 0 Å². The Bertz CT molecular complexity index is 1660. The topological polar surface area (TPSA) is 17.1 Å². The first-order valence-corrected chi connectivity index (χ1v) is 12.5. The van der Waals surface area contributed by atoms with Crippen LogP contribution < -0.4 is 15.9 Å². The molecular weight excluding hydrogens is 478 g/mol. The van der Waals surface area contributed by atoms with Crippen LogP contribution in [-0.2, 0) is 10.7 Å². The van der Waals surface area contributed by atoms with Crippen LogP contribution in [0.25, 0.3) is 21.5 Å².